The minimum atomic E-state index is -4.22. The minimum absolute atomic E-state index is 0.0420. The van der Waals surface area contributed by atoms with Gasteiger partial charge in [0.25, 0.3) is 10.0 Å². The van der Waals surface area contributed by atoms with E-state index in [-0.39, 0.29) is 43.0 Å². The van der Waals surface area contributed by atoms with Gasteiger partial charge in [-0.15, -0.1) is 0 Å². The molecule has 0 saturated carbocycles. The molecule has 0 radical (unpaired) electrons. The normalized spacial score (nSPS) is 11.8. The summed E-state index contributed by atoms with van der Waals surface area (Å²) in [6.45, 7) is 2.68. The molecule has 0 spiro atoms. The fourth-order valence-corrected chi connectivity index (χ4v) is 6.59. The van der Waals surface area contributed by atoms with Gasteiger partial charge in [-0.3, -0.25) is 9.10 Å². The van der Waals surface area contributed by atoms with E-state index in [1.165, 1.54) is 55.6 Å². The van der Waals surface area contributed by atoms with Crippen LogP contribution < -0.4 is 19.1 Å². The molecule has 0 unspecified atom stereocenters. The summed E-state index contributed by atoms with van der Waals surface area (Å²) in [5, 5.41) is 2.90. The number of ether oxygens (including phenoxy) is 1. The van der Waals surface area contributed by atoms with Gasteiger partial charge in [-0.05, 0) is 62.4 Å². The van der Waals surface area contributed by atoms with Crippen molar-refractivity contribution < 1.29 is 26.4 Å². The predicted molar refractivity (Wildman–Crippen MR) is 145 cm³/mol. The molecule has 0 heterocycles. The van der Waals surface area contributed by atoms with Gasteiger partial charge in [0.05, 0.1) is 28.3 Å². The maximum Gasteiger partial charge on any atom is 0.264 e. The highest BCUT2D eigenvalue weighted by molar-refractivity contribution is 7.92. The summed E-state index contributed by atoms with van der Waals surface area (Å²) in [5.74, 6) is -0.583. The van der Waals surface area contributed by atoms with Gasteiger partial charge in [0.15, 0.2) is 0 Å². The number of nitrogens with zero attached hydrogens (tertiary/aromatic N) is 1. The highest BCUT2D eigenvalue weighted by Crippen LogP contribution is 2.31. The number of anilines is 2. The number of carbonyl (C=O) groups excluding carboxylic acids is 1. The van der Waals surface area contributed by atoms with Crippen LogP contribution in [0.4, 0.5) is 11.4 Å². The number of rotatable bonds is 10. The highest BCUT2D eigenvalue weighted by Gasteiger charge is 2.28. The molecule has 3 aromatic carbocycles. The molecule has 13 heteroatoms. The number of sulfonamides is 2. The summed E-state index contributed by atoms with van der Waals surface area (Å²) in [6.07, 6.45) is 0. The molecule has 0 aliphatic rings. The van der Waals surface area contributed by atoms with Crippen LogP contribution in [0, 0.1) is 0 Å². The fourth-order valence-electron chi connectivity index (χ4n) is 3.37. The van der Waals surface area contributed by atoms with Crippen molar-refractivity contribution in [3.8, 4) is 5.75 Å². The third kappa shape index (κ3) is 7.14. The number of carbonyl (C=O) groups is 1. The van der Waals surface area contributed by atoms with E-state index in [1.807, 2.05) is 0 Å². The van der Waals surface area contributed by atoms with E-state index < -0.39 is 32.5 Å². The Bertz CT molecular complexity index is 1480. The molecule has 37 heavy (non-hydrogen) atoms. The Labute approximate surface area is 226 Å². The second-order valence-electron chi connectivity index (χ2n) is 8.14. The summed E-state index contributed by atoms with van der Waals surface area (Å²) in [4.78, 5) is 13.0. The van der Waals surface area contributed by atoms with Crippen molar-refractivity contribution in [3.63, 3.8) is 0 Å². The Kier molecular flexibility index (Phi) is 9.09. The maximum atomic E-state index is 13.5. The van der Waals surface area contributed by atoms with Crippen LogP contribution in [-0.2, 0) is 24.8 Å². The monoisotopic (exact) mass is 585 g/mol. The van der Waals surface area contributed by atoms with Crippen LogP contribution in [0.5, 0.6) is 5.75 Å². The number of hydrogen-bond donors (Lipinski definition) is 2. The number of nitrogens with one attached hydrogen (secondary N) is 2. The number of benzene rings is 3. The zero-order valence-corrected chi connectivity index (χ0v) is 23.2. The molecular formula is C24H25Cl2N3O6S2. The van der Waals surface area contributed by atoms with Crippen LogP contribution >= 0.6 is 23.2 Å². The zero-order valence-electron chi connectivity index (χ0n) is 20.1. The lowest BCUT2D eigenvalue weighted by atomic mass is 10.3. The molecule has 1 amide bonds. The Hall–Kier alpha value is -2.83. The lowest BCUT2D eigenvalue weighted by Gasteiger charge is -2.25. The first-order valence-electron chi connectivity index (χ1n) is 10.9. The van der Waals surface area contributed by atoms with Crippen LogP contribution in [0.3, 0.4) is 0 Å². The van der Waals surface area contributed by atoms with Crippen LogP contribution in [-0.4, -0.2) is 42.4 Å². The van der Waals surface area contributed by atoms with Crippen LogP contribution in [0.1, 0.15) is 13.8 Å². The molecule has 9 nitrogen and oxygen atoms in total. The Morgan fingerprint density at radius 3 is 2.11 bits per heavy atom. The second kappa shape index (κ2) is 11.7. The Balaban J connectivity index is 2.00. The van der Waals surface area contributed by atoms with E-state index in [1.54, 1.807) is 32.0 Å². The molecule has 0 aromatic heterocycles. The Morgan fingerprint density at radius 2 is 1.54 bits per heavy atom. The first kappa shape index (κ1) is 28.7. The molecule has 198 valence electrons. The van der Waals surface area contributed by atoms with E-state index in [2.05, 4.69) is 10.0 Å². The predicted octanol–water partition coefficient (Wildman–Crippen LogP) is 4.52. The topological polar surface area (TPSA) is 122 Å². The van der Waals surface area contributed by atoms with E-state index in [9.17, 15) is 21.6 Å². The molecule has 0 bridgehead atoms. The van der Waals surface area contributed by atoms with Crippen LogP contribution in [0.25, 0.3) is 0 Å². The number of methoxy groups -OCH3 is 1. The van der Waals surface area contributed by atoms with Crippen molar-refractivity contribution in [3.05, 3.63) is 76.8 Å². The lowest BCUT2D eigenvalue weighted by molar-refractivity contribution is -0.114. The lowest BCUT2D eigenvalue weighted by Crippen LogP contribution is -2.38. The smallest absolute Gasteiger partial charge is 0.264 e. The molecule has 0 fully saturated rings. The van der Waals surface area contributed by atoms with Crippen LogP contribution in [0.2, 0.25) is 10.0 Å². The molecule has 3 aromatic rings. The average molecular weight is 587 g/mol. The standard InChI is InChI=1S/C24H25Cl2N3O6S2/c1-16(2)28-36(31,32)21-9-10-23(35-3)22(14-21)27-24(30)15-29(19-12-17(25)11-18(26)13-19)37(33,34)20-7-5-4-6-8-20/h4-14,16,28H,15H2,1-3H3,(H,27,30). The van der Waals surface area contributed by atoms with Crippen molar-refractivity contribution in [2.45, 2.75) is 29.7 Å². The number of amides is 1. The minimum Gasteiger partial charge on any atom is -0.495 e. The van der Waals surface area contributed by atoms with Gasteiger partial charge in [-0.25, -0.2) is 21.6 Å². The molecular weight excluding hydrogens is 561 g/mol. The van der Waals surface area contributed by atoms with Gasteiger partial charge in [0.1, 0.15) is 12.3 Å². The Morgan fingerprint density at radius 1 is 0.919 bits per heavy atom. The van der Waals surface area contributed by atoms with Gasteiger partial charge in [-0.2, -0.15) is 0 Å². The third-order valence-corrected chi connectivity index (χ3v) is 8.78. The molecule has 0 aliphatic heterocycles. The van der Waals surface area contributed by atoms with E-state index in [0.717, 1.165) is 4.31 Å². The van der Waals surface area contributed by atoms with Crippen molar-refractivity contribution in [1.82, 2.24) is 4.72 Å². The maximum absolute atomic E-state index is 13.5. The molecule has 3 rings (SSSR count). The quantitative estimate of drug-likeness (QED) is 0.360. The summed E-state index contributed by atoms with van der Waals surface area (Å²) in [7, 11) is -6.73. The van der Waals surface area contributed by atoms with Crippen LogP contribution in [0.15, 0.2) is 76.5 Å². The second-order valence-corrected chi connectivity index (χ2v) is 12.6. The molecule has 2 N–H and O–H groups in total. The molecule has 0 saturated heterocycles. The van der Waals surface area contributed by atoms with E-state index >= 15 is 0 Å². The van der Waals surface area contributed by atoms with E-state index in [4.69, 9.17) is 27.9 Å². The van der Waals surface area contributed by atoms with Gasteiger partial charge < -0.3 is 10.1 Å². The summed E-state index contributed by atoms with van der Waals surface area (Å²) in [5.41, 5.74) is 0.112. The summed E-state index contributed by atoms with van der Waals surface area (Å²) < 4.78 is 60.8. The van der Waals surface area contributed by atoms with Gasteiger partial charge in [0.2, 0.25) is 15.9 Å². The molecule has 0 atom stereocenters. The van der Waals surface area contributed by atoms with Crippen molar-refractivity contribution >= 4 is 60.5 Å². The third-order valence-electron chi connectivity index (χ3n) is 4.90. The highest BCUT2D eigenvalue weighted by atomic mass is 35.5. The van der Waals surface area contributed by atoms with Gasteiger partial charge in [0, 0.05) is 16.1 Å². The summed E-state index contributed by atoms with van der Waals surface area (Å²) >= 11 is 12.2. The van der Waals surface area contributed by atoms with E-state index in [0.29, 0.717) is 0 Å². The van der Waals surface area contributed by atoms with Crippen molar-refractivity contribution in [2.75, 3.05) is 23.3 Å². The van der Waals surface area contributed by atoms with Gasteiger partial charge in [-0.1, -0.05) is 41.4 Å². The van der Waals surface area contributed by atoms with Gasteiger partial charge >= 0.3 is 0 Å². The largest absolute Gasteiger partial charge is 0.495 e. The average Bonchev–Trinajstić information content (AvgIpc) is 2.81. The molecule has 0 aliphatic carbocycles. The fraction of sp³-hybridized carbons (Fsp3) is 0.208. The van der Waals surface area contributed by atoms with Crippen molar-refractivity contribution in [1.29, 1.82) is 0 Å². The first-order valence-corrected chi connectivity index (χ1v) is 14.6. The van der Waals surface area contributed by atoms with Crippen molar-refractivity contribution in [2.24, 2.45) is 0 Å². The summed E-state index contributed by atoms with van der Waals surface area (Å²) in [6, 6.07) is 15.3. The number of halogens is 2. The SMILES string of the molecule is COc1ccc(S(=O)(=O)NC(C)C)cc1NC(=O)CN(c1cc(Cl)cc(Cl)c1)S(=O)(=O)c1ccccc1. The number of hydrogen-bond acceptors (Lipinski definition) is 6. The zero-order chi connectivity index (χ0) is 27.4. The first-order chi connectivity index (χ1) is 17.3.